The molecule has 30 heavy (non-hydrogen) atoms. The Kier molecular flexibility index (Phi) is 4.22. The molecular weight excluding hydrogens is 448 g/mol. The van der Waals surface area contributed by atoms with E-state index in [1.807, 2.05) is 31.2 Å². The summed E-state index contributed by atoms with van der Waals surface area (Å²) in [5.41, 5.74) is 5.14. The number of nitrogens with zero attached hydrogens (tertiary/aromatic N) is 1. The van der Waals surface area contributed by atoms with Gasteiger partial charge >= 0.3 is 5.97 Å². The summed E-state index contributed by atoms with van der Waals surface area (Å²) < 4.78 is 11.1. The molecule has 148 valence electrons. The van der Waals surface area contributed by atoms with Crippen molar-refractivity contribution in [3.8, 4) is 11.3 Å². The van der Waals surface area contributed by atoms with Gasteiger partial charge in [0, 0.05) is 21.3 Å². The molecule has 0 radical (unpaired) electrons. The molecule has 3 aromatic carbocycles. The Bertz CT molecular complexity index is 1370. The Morgan fingerprint density at radius 3 is 2.60 bits per heavy atom. The Hall–Kier alpha value is -3.45. The van der Waals surface area contributed by atoms with Gasteiger partial charge in [0.05, 0.1) is 29.3 Å². The van der Waals surface area contributed by atoms with Crippen LogP contribution in [0.15, 0.2) is 57.5 Å². The molecule has 0 amide bonds. The number of fused-ring (bicyclic) bond motifs is 2. The zero-order valence-corrected chi connectivity index (χ0v) is 17.7. The van der Waals surface area contributed by atoms with E-state index in [-0.39, 0.29) is 5.78 Å². The highest BCUT2D eigenvalue weighted by Crippen LogP contribution is 2.45. The Labute approximate surface area is 180 Å². The molecule has 4 aromatic rings. The Morgan fingerprint density at radius 1 is 1.10 bits per heavy atom. The van der Waals surface area contributed by atoms with Crippen molar-refractivity contribution in [3.05, 3.63) is 75.3 Å². The Morgan fingerprint density at radius 2 is 1.87 bits per heavy atom. The van der Waals surface area contributed by atoms with E-state index in [1.165, 1.54) is 7.11 Å². The molecule has 1 aliphatic rings. The first-order valence-electron chi connectivity index (χ1n) is 9.21. The third kappa shape index (κ3) is 2.66. The van der Waals surface area contributed by atoms with Crippen LogP contribution in [-0.2, 0) is 4.74 Å². The number of aryl methyl sites for hydroxylation is 1. The van der Waals surface area contributed by atoms with E-state index >= 15 is 0 Å². The smallest absolute Gasteiger partial charge is 0.337 e. The zero-order chi connectivity index (χ0) is 21.0. The average Bonchev–Trinajstić information content (AvgIpc) is 3.20. The van der Waals surface area contributed by atoms with Gasteiger partial charge in [0.25, 0.3) is 0 Å². The highest BCUT2D eigenvalue weighted by atomic mass is 79.9. The largest absolute Gasteiger partial charge is 0.465 e. The molecule has 0 atom stereocenters. The summed E-state index contributed by atoms with van der Waals surface area (Å²) >= 11 is 3.55. The third-order valence-electron chi connectivity index (χ3n) is 5.27. The first-order chi connectivity index (χ1) is 14.5. The van der Waals surface area contributed by atoms with E-state index in [4.69, 9.17) is 9.26 Å². The van der Waals surface area contributed by atoms with Crippen LogP contribution in [0.1, 0.15) is 31.8 Å². The lowest BCUT2D eigenvalue weighted by molar-refractivity contribution is 0.0600. The highest BCUT2D eigenvalue weighted by Gasteiger charge is 2.32. The van der Waals surface area contributed by atoms with Gasteiger partial charge in [0.1, 0.15) is 5.52 Å². The van der Waals surface area contributed by atoms with Crippen molar-refractivity contribution in [2.45, 2.75) is 6.92 Å². The van der Waals surface area contributed by atoms with Crippen LogP contribution in [0.2, 0.25) is 0 Å². The minimum atomic E-state index is -0.398. The van der Waals surface area contributed by atoms with Crippen molar-refractivity contribution in [1.29, 1.82) is 0 Å². The summed E-state index contributed by atoms with van der Waals surface area (Å²) in [7, 11) is 1.35. The number of benzene rings is 3. The minimum Gasteiger partial charge on any atom is -0.465 e. The number of anilines is 2. The van der Waals surface area contributed by atoms with E-state index < -0.39 is 5.97 Å². The fraction of sp³-hybridized carbons (Fsp3) is 0.0870. The average molecular weight is 463 g/mol. The quantitative estimate of drug-likeness (QED) is 0.349. The number of carbonyl (C=O) groups excluding carboxylic acids is 2. The summed E-state index contributed by atoms with van der Waals surface area (Å²) in [4.78, 5) is 25.2. The number of halogens is 1. The maximum Gasteiger partial charge on any atom is 0.337 e. The molecule has 0 saturated heterocycles. The van der Waals surface area contributed by atoms with Gasteiger partial charge in [0.15, 0.2) is 11.5 Å². The van der Waals surface area contributed by atoms with Crippen LogP contribution < -0.4 is 5.32 Å². The van der Waals surface area contributed by atoms with Gasteiger partial charge < -0.3 is 14.6 Å². The van der Waals surface area contributed by atoms with Crippen molar-refractivity contribution in [1.82, 2.24) is 5.16 Å². The second-order valence-corrected chi connectivity index (χ2v) is 7.89. The SMILES string of the molecule is COC(=O)c1ccc(Nc2cc(Br)c3noc4c3c2C(=O)c2ccccc2-4)c(C)c1. The second kappa shape index (κ2) is 6.81. The molecule has 0 spiro atoms. The van der Waals surface area contributed by atoms with Gasteiger partial charge in [-0.3, -0.25) is 4.79 Å². The highest BCUT2D eigenvalue weighted by molar-refractivity contribution is 9.10. The summed E-state index contributed by atoms with van der Waals surface area (Å²) in [5, 5.41) is 8.20. The van der Waals surface area contributed by atoms with Crippen LogP contribution in [0.3, 0.4) is 0 Å². The molecule has 0 unspecified atom stereocenters. The summed E-state index contributed by atoms with van der Waals surface area (Å²) in [6.07, 6.45) is 0. The number of ether oxygens (including phenoxy) is 1. The van der Waals surface area contributed by atoms with Crippen molar-refractivity contribution < 1.29 is 18.8 Å². The molecule has 0 fully saturated rings. The van der Waals surface area contributed by atoms with Crippen LogP contribution >= 0.6 is 15.9 Å². The van der Waals surface area contributed by atoms with Crippen LogP contribution in [0, 0.1) is 6.92 Å². The van der Waals surface area contributed by atoms with Crippen LogP contribution in [0.25, 0.3) is 22.2 Å². The van der Waals surface area contributed by atoms with E-state index in [1.54, 1.807) is 24.3 Å². The predicted octanol–water partition coefficient (Wildman–Crippen LogP) is 5.64. The van der Waals surface area contributed by atoms with Crippen molar-refractivity contribution in [3.63, 3.8) is 0 Å². The van der Waals surface area contributed by atoms with Gasteiger partial charge in [-0.15, -0.1) is 0 Å². The zero-order valence-electron chi connectivity index (χ0n) is 16.1. The standard InChI is InChI=1S/C23H15BrN2O4/c1-11-9-12(23(28)29-2)7-8-16(11)25-17-10-15(24)20-19-18(17)21(27)13-5-3-4-6-14(13)22(19)30-26-20/h3-10,25H,1-2H3. The first kappa shape index (κ1) is 18.6. The van der Waals surface area contributed by atoms with Gasteiger partial charge in [-0.05, 0) is 52.7 Å². The number of carbonyl (C=O) groups is 2. The number of rotatable bonds is 3. The fourth-order valence-electron chi connectivity index (χ4n) is 3.81. The summed E-state index contributed by atoms with van der Waals surface area (Å²) in [5.74, 6) is 0.0900. The van der Waals surface area contributed by atoms with E-state index in [9.17, 15) is 9.59 Å². The number of methoxy groups -OCH3 is 1. The van der Waals surface area contributed by atoms with Crippen LogP contribution in [-0.4, -0.2) is 24.0 Å². The molecule has 1 heterocycles. The van der Waals surface area contributed by atoms with E-state index in [2.05, 4.69) is 26.4 Å². The maximum absolute atomic E-state index is 13.4. The monoisotopic (exact) mass is 462 g/mol. The first-order valence-corrected chi connectivity index (χ1v) is 10.0. The normalized spacial score (nSPS) is 12.0. The van der Waals surface area contributed by atoms with Gasteiger partial charge in [-0.2, -0.15) is 0 Å². The number of nitrogens with one attached hydrogen (secondary N) is 1. The van der Waals surface area contributed by atoms with E-state index in [0.717, 1.165) is 21.3 Å². The van der Waals surface area contributed by atoms with Crippen LogP contribution in [0.4, 0.5) is 11.4 Å². The number of hydrogen-bond acceptors (Lipinski definition) is 6. The van der Waals surface area contributed by atoms with Crippen molar-refractivity contribution >= 4 is 50.0 Å². The molecule has 0 aliphatic heterocycles. The van der Waals surface area contributed by atoms with Gasteiger partial charge in [-0.1, -0.05) is 29.4 Å². The molecule has 7 heteroatoms. The topological polar surface area (TPSA) is 81.4 Å². The van der Waals surface area contributed by atoms with Crippen LogP contribution in [0.5, 0.6) is 0 Å². The molecule has 1 aromatic heterocycles. The molecule has 1 N–H and O–H groups in total. The van der Waals surface area contributed by atoms with Crippen molar-refractivity contribution in [2.75, 3.05) is 12.4 Å². The lowest BCUT2D eigenvalue weighted by atomic mass is 9.87. The lowest BCUT2D eigenvalue weighted by Gasteiger charge is -2.19. The number of aromatic nitrogens is 1. The number of ketones is 1. The molecule has 1 aliphatic carbocycles. The third-order valence-corrected chi connectivity index (χ3v) is 5.87. The fourth-order valence-corrected chi connectivity index (χ4v) is 4.31. The second-order valence-electron chi connectivity index (χ2n) is 7.04. The molecule has 5 rings (SSSR count). The minimum absolute atomic E-state index is 0.0925. The molecule has 0 bridgehead atoms. The number of esters is 1. The predicted molar refractivity (Wildman–Crippen MR) is 116 cm³/mol. The van der Waals surface area contributed by atoms with Crippen molar-refractivity contribution in [2.24, 2.45) is 0 Å². The van der Waals surface area contributed by atoms with Gasteiger partial charge in [0.2, 0.25) is 0 Å². The lowest BCUT2D eigenvalue weighted by Crippen LogP contribution is -2.12. The Balaban J connectivity index is 1.69. The molecule has 6 nitrogen and oxygen atoms in total. The number of hydrogen-bond donors (Lipinski definition) is 1. The molecule has 0 saturated carbocycles. The molecular formula is C23H15BrN2O4. The summed E-state index contributed by atoms with van der Waals surface area (Å²) in [6, 6.07) is 14.4. The summed E-state index contributed by atoms with van der Waals surface area (Å²) in [6.45, 7) is 1.88. The van der Waals surface area contributed by atoms with E-state index in [0.29, 0.717) is 39.0 Å². The van der Waals surface area contributed by atoms with Gasteiger partial charge in [-0.25, -0.2) is 4.79 Å². The maximum atomic E-state index is 13.4.